The third-order valence-corrected chi connectivity index (χ3v) is 1.94. The number of Topliss-reactive ketones (excluding diaryl/α,β-unsaturated/α-hetero) is 1. The zero-order valence-electron chi connectivity index (χ0n) is 8.10. The molecule has 0 amide bonds. The molecule has 0 saturated carbocycles. The van der Waals surface area contributed by atoms with Crippen molar-refractivity contribution in [2.75, 3.05) is 0 Å². The number of cyclic esters (lactones) is 1. The molecule has 1 rings (SSSR count). The van der Waals surface area contributed by atoms with Crippen molar-refractivity contribution in [2.24, 2.45) is 0 Å². The molecule has 1 aliphatic rings. The number of ketones is 1. The number of hydrogen-bond acceptors (Lipinski definition) is 4. The van der Waals surface area contributed by atoms with Gasteiger partial charge < -0.3 is 9.84 Å². The highest BCUT2D eigenvalue weighted by Gasteiger charge is 2.17. The molecule has 0 bridgehead atoms. The van der Waals surface area contributed by atoms with E-state index < -0.39 is 12.1 Å². The molecule has 1 N–H and O–H groups in total. The molecule has 2 atom stereocenters. The Morgan fingerprint density at radius 2 is 2.21 bits per heavy atom. The minimum Gasteiger partial charge on any atom is -0.462 e. The molecule has 4 nitrogen and oxygen atoms in total. The highest BCUT2D eigenvalue weighted by molar-refractivity contribution is 5.95. The van der Waals surface area contributed by atoms with Gasteiger partial charge in [0.1, 0.15) is 18.3 Å². The molecular weight excluding hydrogens is 184 g/mol. The first-order chi connectivity index (χ1) is 6.58. The summed E-state index contributed by atoms with van der Waals surface area (Å²) in [7, 11) is 0. The van der Waals surface area contributed by atoms with Gasteiger partial charge in [0, 0.05) is 12.8 Å². The van der Waals surface area contributed by atoms with Crippen molar-refractivity contribution in [3.63, 3.8) is 0 Å². The fourth-order valence-electron chi connectivity index (χ4n) is 1.28. The summed E-state index contributed by atoms with van der Waals surface area (Å²) in [6.07, 6.45) is 2.58. The van der Waals surface area contributed by atoms with E-state index in [-0.39, 0.29) is 24.7 Å². The average molecular weight is 198 g/mol. The minimum atomic E-state index is -0.777. The van der Waals surface area contributed by atoms with Crippen LogP contribution in [0.4, 0.5) is 0 Å². The lowest BCUT2D eigenvalue weighted by molar-refractivity contribution is -0.150. The maximum Gasteiger partial charge on any atom is 0.313 e. The largest absolute Gasteiger partial charge is 0.462 e. The van der Waals surface area contributed by atoms with Crippen molar-refractivity contribution >= 4 is 11.8 Å². The number of ether oxygens (including phenoxy) is 1. The minimum absolute atomic E-state index is 0.0139. The van der Waals surface area contributed by atoms with E-state index in [9.17, 15) is 14.7 Å². The molecule has 0 saturated heterocycles. The number of carbonyl (C=O) groups excluding carboxylic acids is 2. The van der Waals surface area contributed by atoms with E-state index in [1.807, 2.05) is 0 Å². The summed E-state index contributed by atoms with van der Waals surface area (Å²) in [6, 6.07) is 0. The van der Waals surface area contributed by atoms with Gasteiger partial charge in [0.15, 0.2) is 0 Å². The summed E-state index contributed by atoms with van der Waals surface area (Å²) in [5.41, 5.74) is 0. The van der Waals surface area contributed by atoms with E-state index in [2.05, 4.69) is 0 Å². The standard InChI is InChI=1S/C10H14O4/c1-7-3-2-4-8(11)5-9(12)6-10(13)14-7/h2,4,7-8,11H,3,5-6H2,1H3/b4-2-/t7-,8+/m0/s1. The maximum atomic E-state index is 11.1. The summed E-state index contributed by atoms with van der Waals surface area (Å²) < 4.78 is 4.94. The Morgan fingerprint density at radius 3 is 2.93 bits per heavy atom. The second-order valence-electron chi connectivity index (χ2n) is 3.45. The first-order valence-electron chi connectivity index (χ1n) is 4.64. The maximum absolute atomic E-state index is 11.1. The average Bonchev–Trinajstić information content (AvgIpc) is 2.01. The molecule has 1 heterocycles. The number of rotatable bonds is 0. The molecule has 0 aromatic carbocycles. The van der Waals surface area contributed by atoms with Crippen LogP contribution in [0.2, 0.25) is 0 Å². The zero-order chi connectivity index (χ0) is 10.6. The van der Waals surface area contributed by atoms with Crippen LogP contribution in [0.1, 0.15) is 26.2 Å². The highest BCUT2D eigenvalue weighted by Crippen LogP contribution is 2.07. The Hall–Kier alpha value is -1.16. The fourth-order valence-corrected chi connectivity index (χ4v) is 1.28. The second kappa shape index (κ2) is 4.91. The van der Waals surface area contributed by atoms with Gasteiger partial charge in [-0.2, -0.15) is 0 Å². The van der Waals surface area contributed by atoms with Crippen LogP contribution in [0.25, 0.3) is 0 Å². The van der Waals surface area contributed by atoms with Gasteiger partial charge in [-0.3, -0.25) is 9.59 Å². The summed E-state index contributed by atoms with van der Waals surface area (Å²) in [5.74, 6) is -0.800. The van der Waals surface area contributed by atoms with Crippen molar-refractivity contribution in [3.05, 3.63) is 12.2 Å². The first-order valence-corrected chi connectivity index (χ1v) is 4.64. The van der Waals surface area contributed by atoms with Gasteiger partial charge in [-0.15, -0.1) is 0 Å². The van der Waals surface area contributed by atoms with Crippen LogP contribution in [0.3, 0.4) is 0 Å². The number of hydrogen-bond donors (Lipinski definition) is 1. The van der Waals surface area contributed by atoms with E-state index >= 15 is 0 Å². The molecule has 0 aliphatic carbocycles. The summed E-state index contributed by atoms with van der Waals surface area (Å²) in [6.45, 7) is 1.75. The number of aliphatic hydroxyl groups is 1. The smallest absolute Gasteiger partial charge is 0.313 e. The highest BCUT2D eigenvalue weighted by atomic mass is 16.5. The Kier molecular flexibility index (Phi) is 3.83. The lowest BCUT2D eigenvalue weighted by atomic mass is 10.1. The normalized spacial score (nSPS) is 32.1. The van der Waals surface area contributed by atoms with Crippen LogP contribution in [0.15, 0.2) is 12.2 Å². The van der Waals surface area contributed by atoms with Crippen molar-refractivity contribution in [2.45, 2.75) is 38.4 Å². The van der Waals surface area contributed by atoms with Crippen LogP contribution in [-0.2, 0) is 14.3 Å². The molecule has 78 valence electrons. The van der Waals surface area contributed by atoms with Gasteiger partial charge in [-0.25, -0.2) is 0 Å². The SMILES string of the molecule is C[C@H]1C/C=C\[C@@H](O)CC(=O)CC(=O)O1. The molecule has 4 heteroatoms. The quantitative estimate of drug-likeness (QED) is 0.351. The monoisotopic (exact) mass is 198 g/mol. The summed E-state index contributed by atoms with van der Waals surface area (Å²) in [4.78, 5) is 22.2. The number of esters is 1. The van der Waals surface area contributed by atoms with E-state index in [1.165, 1.54) is 0 Å². The third kappa shape index (κ3) is 3.70. The lowest BCUT2D eigenvalue weighted by Gasteiger charge is -2.13. The van der Waals surface area contributed by atoms with Crippen LogP contribution >= 0.6 is 0 Å². The Bertz CT molecular complexity index is 257. The Morgan fingerprint density at radius 1 is 1.50 bits per heavy atom. The van der Waals surface area contributed by atoms with Crippen LogP contribution in [0.5, 0.6) is 0 Å². The first kappa shape index (κ1) is 10.9. The van der Waals surface area contributed by atoms with Gasteiger partial charge in [-0.1, -0.05) is 12.2 Å². The van der Waals surface area contributed by atoms with Gasteiger partial charge >= 0.3 is 5.97 Å². The summed E-state index contributed by atoms with van der Waals surface area (Å²) >= 11 is 0. The molecule has 1 aliphatic heterocycles. The molecule has 14 heavy (non-hydrogen) atoms. The van der Waals surface area contributed by atoms with E-state index in [0.717, 1.165) is 0 Å². The van der Waals surface area contributed by atoms with E-state index in [4.69, 9.17) is 4.74 Å². The van der Waals surface area contributed by atoms with Crippen LogP contribution in [0, 0.1) is 0 Å². The number of carbonyl (C=O) groups is 2. The van der Waals surface area contributed by atoms with Gasteiger partial charge in [0.05, 0.1) is 6.10 Å². The Balaban J connectivity index is 2.65. The molecule has 0 radical (unpaired) electrons. The topological polar surface area (TPSA) is 63.6 Å². The predicted molar refractivity (Wildman–Crippen MR) is 49.6 cm³/mol. The van der Waals surface area contributed by atoms with Crippen LogP contribution in [-0.4, -0.2) is 29.1 Å². The molecule has 0 aromatic rings. The molecule has 0 spiro atoms. The van der Waals surface area contributed by atoms with Crippen molar-refractivity contribution < 1.29 is 19.4 Å². The number of aliphatic hydroxyl groups excluding tert-OH is 1. The van der Waals surface area contributed by atoms with Crippen molar-refractivity contribution in [3.8, 4) is 0 Å². The molecular formula is C10H14O4. The zero-order valence-corrected chi connectivity index (χ0v) is 8.10. The fraction of sp³-hybridized carbons (Fsp3) is 0.600. The third-order valence-electron chi connectivity index (χ3n) is 1.94. The second-order valence-corrected chi connectivity index (χ2v) is 3.45. The predicted octanol–water partition coefficient (Wildman–Crippen LogP) is 0.588. The lowest BCUT2D eigenvalue weighted by Crippen LogP contribution is -2.21. The summed E-state index contributed by atoms with van der Waals surface area (Å²) in [5, 5.41) is 9.31. The van der Waals surface area contributed by atoms with E-state index in [1.54, 1.807) is 19.1 Å². The van der Waals surface area contributed by atoms with E-state index in [0.29, 0.717) is 6.42 Å². The molecule has 0 fully saturated rings. The Labute approximate surface area is 82.6 Å². The van der Waals surface area contributed by atoms with Gasteiger partial charge in [-0.05, 0) is 6.92 Å². The molecule has 0 unspecified atom stereocenters. The van der Waals surface area contributed by atoms with Crippen LogP contribution < -0.4 is 0 Å². The van der Waals surface area contributed by atoms with Crippen molar-refractivity contribution in [1.29, 1.82) is 0 Å². The van der Waals surface area contributed by atoms with Gasteiger partial charge in [0.2, 0.25) is 0 Å². The van der Waals surface area contributed by atoms with Crippen molar-refractivity contribution in [1.82, 2.24) is 0 Å². The van der Waals surface area contributed by atoms with Gasteiger partial charge in [0.25, 0.3) is 0 Å². The molecule has 0 aromatic heterocycles.